The molecule has 0 aliphatic carbocycles. The zero-order valence-corrected chi connectivity index (χ0v) is 42.3. The molecule has 0 rings (SSSR count). The second-order valence-corrected chi connectivity index (χ2v) is 19.9. The number of carbonyl (C=O) groups is 1. The Morgan fingerprint density at radius 1 is 0.387 bits per heavy atom. The van der Waals surface area contributed by atoms with Gasteiger partial charge in [-0.1, -0.05) is 289 Å². The lowest BCUT2D eigenvalue weighted by Crippen LogP contribution is -2.50. The van der Waals surface area contributed by atoms with Crippen LogP contribution in [-0.4, -0.2) is 46.1 Å². The lowest BCUT2D eigenvalue weighted by atomic mass is 9.99. The lowest BCUT2D eigenvalue weighted by molar-refractivity contribution is -0.124. The molecule has 0 aliphatic rings. The van der Waals surface area contributed by atoms with Gasteiger partial charge in [-0.05, 0) is 38.5 Å². The Bertz CT molecular complexity index is 879. The standard InChI is InChI=1S/C57H113NO4/c1-3-5-7-9-11-13-15-17-19-21-23-25-27-28-29-30-32-34-36-38-40-42-44-46-48-50-52-56(61)58-54(53-59)57(62)55(60)51-49-47-45-43-41-39-37-35-33-31-26-24-22-20-18-16-14-12-10-8-6-4-2/h28-29,54-55,57,59-60,62H,3-27,30-53H2,1-2H3,(H,58,61)/b29-28-. The fraction of sp³-hybridized carbons (Fsp3) is 0.947. The van der Waals surface area contributed by atoms with Crippen molar-refractivity contribution in [3.63, 3.8) is 0 Å². The van der Waals surface area contributed by atoms with Crippen LogP contribution in [0.5, 0.6) is 0 Å². The van der Waals surface area contributed by atoms with Crippen LogP contribution in [0.15, 0.2) is 12.2 Å². The van der Waals surface area contributed by atoms with E-state index < -0.39 is 18.2 Å². The van der Waals surface area contributed by atoms with E-state index in [9.17, 15) is 20.1 Å². The molecule has 0 aliphatic heterocycles. The van der Waals surface area contributed by atoms with E-state index in [2.05, 4.69) is 31.3 Å². The largest absolute Gasteiger partial charge is 0.394 e. The highest BCUT2D eigenvalue weighted by atomic mass is 16.3. The maximum absolute atomic E-state index is 12.5. The Morgan fingerprint density at radius 3 is 0.935 bits per heavy atom. The Kier molecular flexibility index (Phi) is 51.9. The third kappa shape index (κ3) is 47.1. The van der Waals surface area contributed by atoms with E-state index in [4.69, 9.17) is 0 Å². The van der Waals surface area contributed by atoms with Crippen molar-refractivity contribution in [1.29, 1.82) is 0 Å². The molecule has 5 heteroatoms. The first-order chi connectivity index (χ1) is 30.6. The minimum Gasteiger partial charge on any atom is -0.394 e. The molecule has 0 aromatic heterocycles. The van der Waals surface area contributed by atoms with Crippen LogP contribution in [0.2, 0.25) is 0 Å². The van der Waals surface area contributed by atoms with Crippen molar-refractivity contribution in [1.82, 2.24) is 5.32 Å². The van der Waals surface area contributed by atoms with Gasteiger partial charge in [-0.3, -0.25) is 4.79 Å². The third-order valence-electron chi connectivity index (χ3n) is 13.6. The van der Waals surface area contributed by atoms with Crippen molar-refractivity contribution >= 4 is 5.91 Å². The highest BCUT2D eigenvalue weighted by molar-refractivity contribution is 5.76. The van der Waals surface area contributed by atoms with Crippen LogP contribution in [0.1, 0.15) is 322 Å². The normalized spacial score (nSPS) is 13.3. The molecule has 0 bridgehead atoms. The van der Waals surface area contributed by atoms with E-state index in [1.807, 2.05) is 0 Å². The minimum atomic E-state index is -1.13. The molecule has 1 amide bonds. The summed E-state index contributed by atoms with van der Waals surface area (Å²) in [5.41, 5.74) is 0. The summed E-state index contributed by atoms with van der Waals surface area (Å²) in [4.78, 5) is 12.5. The fourth-order valence-electron chi connectivity index (χ4n) is 9.22. The molecule has 0 heterocycles. The predicted octanol–water partition coefficient (Wildman–Crippen LogP) is 17.5. The molecule has 0 spiro atoms. The Labute approximate surface area is 389 Å². The topological polar surface area (TPSA) is 89.8 Å². The molecule has 4 N–H and O–H groups in total. The molecule has 3 atom stereocenters. The van der Waals surface area contributed by atoms with Gasteiger partial charge in [-0.2, -0.15) is 0 Å². The van der Waals surface area contributed by atoms with Crippen LogP contribution in [0, 0.1) is 0 Å². The van der Waals surface area contributed by atoms with Gasteiger partial charge in [0.1, 0.15) is 6.10 Å². The summed E-state index contributed by atoms with van der Waals surface area (Å²) in [6.07, 6.45) is 65.1. The molecule has 0 radical (unpaired) electrons. The van der Waals surface area contributed by atoms with Crippen LogP contribution in [0.4, 0.5) is 0 Å². The van der Waals surface area contributed by atoms with Gasteiger partial charge in [0, 0.05) is 6.42 Å². The van der Waals surface area contributed by atoms with Gasteiger partial charge in [0.15, 0.2) is 0 Å². The summed E-state index contributed by atoms with van der Waals surface area (Å²) in [5.74, 6) is -0.140. The molecule has 5 nitrogen and oxygen atoms in total. The monoisotopic (exact) mass is 876 g/mol. The maximum atomic E-state index is 12.5. The first kappa shape index (κ1) is 61.1. The van der Waals surface area contributed by atoms with Crippen molar-refractivity contribution in [2.75, 3.05) is 6.61 Å². The van der Waals surface area contributed by atoms with Crippen LogP contribution in [0.25, 0.3) is 0 Å². The van der Waals surface area contributed by atoms with Crippen LogP contribution in [-0.2, 0) is 4.79 Å². The molecule has 62 heavy (non-hydrogen) atoms. The number of aliphatic hydroxyl groups is 3. The number of hydrogen-bond acceptors (Lipinski definition) is 4. The average Bonchev–Trinajstić information content (AvgIpc) is 3.28. The molecule has 0 aromatic carbocycles. The highest BCUT2D eigenvalue weighted by Crippen LogP contribution is 2.18. The molecule has 370 valence electrons. The summed E-state index contributed by atoms with van der Waals surface area (Å²) in [6.45, 7) is 4.22. The number of aliphatic hydroxyl groups excluding tert-OH is 3. The number of amides is 1. The summed E-state index contributed by atoms with van der Waals surface area (Å²) in [7, 11) is 0. The zero-order valence-electron chi connectivity index (χ0n) is 42.3. The van der Waals surface area contributed by atoms with Crippen molar-refractivity contribution in [2.45, 2.75) is 340 Å². The van der Waals surface area contributed by atoms with E-state index in [1.165, 1.54) is 263 Å². The van der Waals surface area contributed by atoms with Crippen LogP contribution < -0.4 is 5.32 Å². The molecule has 0 saturated carbocycles. The lowest BCUT2D eigenvalue weighted by Gasteiger charge is -2.26. The molecular weight excluding hydrogens is 763 g/mol. The Morgan fingerprint density at radius 2 is 0.645 bits per heavy atom. The summed E-state index contributed by atoms with van der Waals surface area (Å²) in [5, 5.41) is 33.8. The predicted molar refractivity (Wildman–Crippen MR) is 273 cm³/mol. The molecule has 0 fully saturated rings. The van der Waals surface area contributed by atoms with E-state index in [1.54, 1.807) is 0 Å². The van der Waals surface area contributed by atoms with Crippen molar-refractivity contribution < 1.29 is 20.1 Å². The van der Waals surface area contributed by atoms with Crippen molar-refractivity contribution in [2.24, 2.45) is 0 Å². The van der Waals surface area contributed by atoms with Gasteiger partial charge in [-0.15, -0.1) is 0 Å². The Hall–Kier alpha value is -0.910. The van der Waals surface area contributed by atoms with E-state index in [0.717, 1.165) is 32.1 Å². The maximum Gasteiger partial charge on any atom is 0.220 e. The summed E-state index contributed by atoms with van der Waals surface area (Å²) < 4.78 is 0. The number of nitrogens with one attached hydrogen (secondary N) is 1. The van der Waals surface area contributed by atoms with E-state index in [-0.39, 0.29) is 12.5 Å². The minimum absolute atomic E-state index is 0.140. The fourth-order valence-corrected chi connectivity index (χ4v) is 9.22. The third-order valence-corrected chi connectivity index (χ3v) is 13.6. The SMILES string of the molecule is CCCCCCCCCCCCCC/C=C\CCCCCCCCCCCCC(=O)NC(CO)C(O)C(O)CCCCCCCCCCCCCCCCCCCCCCCC. The molecule has 0 aromatic rings. The van der Waals surface area contributed by atoms with Gasteiger partial charge in [-0.25, -0.2) is 0 Å². The second-order valence-electron chi connectivity index (χ2n) is 19.9. The van der Waals surface area contributed by atoms with Crippen LogP contribution >= 0.6 is 0 Å². The van der Waals surface area contributed by atoms with E-state index >= 15 is 0 Å². The van der Waals surface area contributed by atoms with Gasteiger partial charge in [0.25, 0.3) is 0 Å². The van der Waals surface area contributed by atoms with Gasteiger partial charge in [0.2, 0.25) is 5.91 Å². The number of rotatable bonds is 53. The molecule has 0 saturated heterocycles. The number of unbranched alkanes of at least 4 members (excludes halogenated alkanes) is 43. The zero-order chi connectivity index (χ0) is 45.1. The first-order valence-corrected chi connectivity index (χ1v) is 28.5. The summed E-state index contributed by atoms with van der Waals surface area (Å²) >= 11 is 0. The highest BCUT2D eigenvalue weighted by Gasteiger charge is 2.26. The molecule has 3 unspecified atom stereocenters. The first-order valence-electron chi connectivity index (χ1n) is 28.5. The van der Waals surface area contributed by atoms with Crippen LogP contribution in [0.3, 0.4) is 0 Å². The van der Waals surface area contributed by atoms with Gasteiger partial charge >= 0.3 is 0 Å². The van der Waals surface area contributed by atoms with Gasteiger partial charge in [0.05, 0.1) is 18.8 Å². The Balaban J connectivity index is 3.52. The second kappa shape index (κ2) is 52.7. The summed E-state index contributed by atoms with van der Waals surface area (Å²) in [6, 6.07) is -0.808. The van der Waals surface area contributed by atoms with Crippen molar-refractivity contribution in [3.05, 3.63) is 12.2 Å². The van der Waals surface area contributed by atoms with Gasteiger partial charge < -0.3 is 20.6 Å². The number of hydrogen-bond donors (Lipinski definition) is 4. The molecular formula is C57H113NO4. The quantitative estimate of drug-likeness (QED) is 0.0362. The number of carbonyl (C=O) groups excluding carboxylic acids is 1. The van der Waals surface area contributed by atoms with Crippen molar-refractivity contribution in [3.8, 4) is 0 Å². The average molecular weight is 877 g/mol. The van der Waals surface area contributed by atoms with E-state index in [0.29, 0.717) is 12.8 Å². The number of allylic oxidation sites excluding steroid dienone is 2. The smallest absolute Gasteiger partial charge is 0.220 e.